The third-order valence-corrected chi connectivity index (χ3v) is 10.9. The second-order valence-corrected chi connectivity index (χ2v) is 12.7. The van der Waals surface area contributed by atoms with Crippen molar-refractivity contribution in [2.45, 2.75) is 70.7 Å². The Morgan fingerprint density at radius 2 is 1.54 bits per heavy atom. The van der Waals surface area contributed by atoms with Crippen molar-refractivity contribution in [2.75, 3.05) is 0 Å². The fourth-order valence-electron chi connectivity index (χ4n) is 3.79. The summed E-state index contributed by atoms with van der Waals surface area (Å²) in [6.45, 7) is 14.0. The normalized spacial score (nSPS) is 13.3. The van der Waals surface area contributed by atoms with Gasteiger partial charge < -0.3 is 9.53 Å². The van der Waals surface area contributed by atoms with E-state index in [4.69, 9.17) is 14.8 Å². The van der Waals surface area contributed by atoms with E-state index in [9.17, 15) is 4.79 Å². The molecule has 0 aromatic heterocycles. The molecule has 1 aromatic carbocycles. The standard InChI is InChI=1S/C19H29NO3Si/c1-13(2)24(14(3)4,15(5)6)23-12-16-7-9-17(10-8-16)18(11-20)19(21)22/h7-10,13-15,18H,12H2,1-6H3,(H,21,22). The zero-order chi connectivity index (χ0) is 18.5. The van der Waals surface area contributed by atoms with E-state index in [1.165, 1.54) is 0 Å². The Morgan fingerprint density at radius 3 is 1.88 bits per heavy atom. The minimum Gasteiger partial charge on any atom is -0.480 e. The lowest BCUT2D eigenvalue weighted by atomic mass is 10.00. The SMILES string of the molecule is CC(C)[Si](OCc1ccc(C(C#N)C(=O)O)cc1)(C(C)C)C(C)C. The fraction of sp³-hybridized carbons (Fsp3) is 0.579. The number of nitrogens with zero attached hydrogens (tertiary/aromatic N) is 1. The highest BCUT2D eigenvalue weighted by molar-refractivity contribution is 6.77. The van der Waals surface area contributed by atoms with E-state index in [1.807, 2.05) is 18.2 Å². The summed E-state index contributed by atoms with van der Waals surface area (Å²) in [5.74, 6) is -2.23. The number of hydrogen-bond donors (Lipinski definition) is 1. The average molecular weight is 348 g/mol. The Morgan fingerprint density at radius 1 is 1.08 bits per heavy atom. The first-order valence-corrected chi connectivity index (χ1v) is 10.7. The van der Waals surface area contributed by atoms with Crippen LogP contribution in [-0.2, 0) is 15.8 Å². The number of carboxylic acid groups (broad SMARTS) is 1. The molecule has 1 unspecified atom stereocenters. The van der Waals surface area contributed by atoms with Crippen LogP contribution in [0.1, 0.15) is 58.6 Å². The molecule has 0 radical (unpaired) electrons. The molecule has 132 valence electrons. The highest BCUT2D eigenvalue weighted by Gasteiger charge is 2.44. The van der Waals surface area contributed by atoms with Gasteiger partial charge in [0.25, 0.3) is 0 Å². The quantitative estimate of drug-likeness (QED) is 0.666. The highest BCUT2D eigenvalue weighted by Crippen LogP contribution is 2.42. The van der Waals surface area contributed by atoms with Gasteiger partial charge in [-0.3, -0.25) is 4.79 Å². The van der Waals surface area contributed by atoms with E-state index < -0.39 is 20.2 Å². The molecule has 0 bridgehead atoms. The molecule has 0 amide bonds. The zero-order valence-electron chi connectivity index (χ0n) is 15.5. The number of rotatable bonds is 8. The fourth-order valence-corrected chi connectivity index (χ4v) is 9.20. The van der Waals surface area contributed by atoms with Gasteiger partial charge in [0.1, 0.15) is 0 Å². The first-order valence-electron chi connectivity index (χ1n) is 8.52. The maximum Gasteiger partial charge on any atom is 0.325 e. The summed E-state index contributed by atoms with van der Waals surface area (Å²) in [7, 11) is -1.92. The van der Waals surface area contributed by atoms with Crippen LogP contribution in [0.15, 0.2) is 24.3 Å². The Balaban J connectivity index is 2.94. The Labute approximate surface area is 146 Å². The molecule has 1 aromatic rings. The van der Waals surface area contributed by atoms with Crippen LogP contribution < -0.4 is 0 Å². The van der Waals surface area contributed by atoms with Crippen molar-refractivity contribution in [1.29, 1.82) is 5.26 Å². The van der Waals surface area contributed by atoms with Crippen LogP contribution >= 0.6 is 0 Å². The van der Waals surface area contributed by atoms with Gasteiger partial charge in [0, 0.05) is 0 Å². The van der Waals surface area contributed by atoms with E-state index in [0.29, 0.717) is 28.8 Å². The lowest BCUT2D eigenvalue weighted by Crippen LogP contribution is -2.47. The number of aliphatic carboxylic acids is 1. The number of benzene rings is 1. The van der Waals surface area contributed by atoms with Gasteiger partial charge in [0.05, 0.1) is 12.7 Å². The first-order chi connectivity index (χ1) is 11.2. The van der Waals surface area contributed by atoms with Crippen LogP contribution in [0, 0.1) is 11.3 Å². The molecule has 0 aliphatic heterocycles. The second-order valence-electron chi connectivity index (χ2n) is 7.25. The molecule has 0 aliphatic rings. The number of carboxylic acids is 1. The van der Waals surface area contributed by atoms with Crippen molar-refractivity contribution in [3.05, 3.63) is 35.4 Å². The smallest absolute Gasteiger partial charge is 0.325 e. The molecular formula is C19H29NO3Si. The van der Waals surface area contributed by atoms with Crippen molar-refractivity contribution in [2.24, 2.45) is 0 Å². The first kappa shape index (κ1) is 20.4. The number of hydrogen-bond acceptors (Lipinski definition) is 3. The molecule has 0 heterocycles. The van der Waals surface area contributed by atoms with E-state index in [1.54, 1.807) is 12.1 Å². The van der Waals surface area contributed by atoms with Crippen LogP contribution in [0.3, 0.4) is 0 Å². The van der Waals surface area contributed by atoms with Crippen LogP contribution in [0.2, 0.25) is 16.6 Å². The monoisotopic (exact) mass is 347 g/mol. The molecule has 0 saturated heterocycles. The summed E-state index contributed by atoms with van der Waals surface area (Å²) < 4.78 is 6.53. The van der Waals surface area contributed by atoms with Crippen molar-refractivity contribution >= 4 is 14.3 Å². The summed E-state index contributed by atoms with van der Waals surface area (Å²) in [6.07, 6.45) is 0. The summed E-state index contributed by atoms with van der Waals surface area (Å²) in [4.78, 5) is 11.1. The largest absolute Gasteiger partial charge is 0.480 e. The van der Waals surface area contributed by atoms with Crippen LogP contribution in [-0.4, -0.2) is 19.4 Å². The van der Waals surface area contributed by atoms with Crippen LogP contribution in [0.4, 0.5) is 0 Å². The van der Waals surface area contributed by atoms with E-state index in [-0.39, 0.29) is 0 Å². The minimum absolute atomic E-state index is 0.508. The lowest BCUT2D eigenvalue weighted by Gasteiger charge is -2.42. The molecule has 0 fully saturated rings. The Kier molecular flexibility index (Phi) is 7.19. The highest BCUT2D eigenvalue weighted by atomic mass is 28.4. The van der Waals surface area contributed by atoms with E-state index in [2.05, 4.69) is 41.5 Å². The second kappa shape index (κ2) is 8.45. The van der Waals surface area contributed by atoms with Crippen LogP contribution in [0.5, 0.6) is 0 Å². The summed E-state index contributed by atoms with van der Waals surface area (Å²) >= 11 is 0. The average Bonchev–Trinajstić information content (AvgIpc) is 2.48. The topological polar surface area (TPSA) is 70.3 Å². The maximum atomic E-state index is 11.1. The summed E-state index contributed by atoms with van der Waals surface area (Å²) in [5, 5.41) is 18.0. The molecular weight excluding hydrogens is 318 g/mol. The molecule has 1 atom stereocenters. The van der Waals surface area contributed by atoms with Gasteiger partial charge >= 0.3 is 5.97 Å². The van der Waals surface area contributed by atoms with Crippen molar-refractivity contribution in [3.8, 4) is 6.07 Å². The molecule has 0 spiro atoms. The van der Waals surface area contributed by atoms with E-state index in [0.717, 1.165) is 5.56 Å². The third kappa shape index (κ3) is 4.25. The van der Waals surface area contributed by atoms with Crippen molar-refractivity contribution < 1.29 is 14.3 Å². The van der Waals surface area contributed by atoms with Gasteiger partial charge in [-0.05, 0) is 27.8 Å². The Bertz CT molecular complexity index is 566. The van der Waals surface area contributed by atoms with Gasteiger partial charge in [-0.2, -0.15) is 5.26 Å². The summed E-state index contributed by atoms with van der Waals surface area (Å²) in [6, 6.07) is 8.97. The van der Waals surface area contributed by atoms with Crippen LogP contribution in [0.25, 0.3) is 0 Å². The lowest BCUT2D eigenvalue weighted by molar-refractivity contribution is -0.137. The predicted molar refractivity (Wildman–Crippen MR) is 98.3 cm³/mol. The van der Waals surface area contributed by atoms with Gasteiger partial charge in [0.2, 0.25) is 8.32 Å². The molecule has 24 heavy (non-hydrogen) atoms. The molecule has 1 N–H and O–H groups in total. The van der Waals surface area contributed by atoms with Gasteiger partial charge in [-0.1, -0.05) is 65.8 Å². The predicted octanol–water partition coefficient (Wildman–Crippen LogP) is 5.07. The molecule has 0 aliphatic carbocycles. The summed E-state index contributed by atoms with van der Waals surface area (Å²) in [5.41, 5.74) is 3.08. The number of nitriles is 1. The zero-order valence-corrected chi connectivity index (χ0v) is 16.5. The third-order valence-electron chi connectivity index (χ3n) is 4.89. The van der Waals surface area contributed by atoms with E-state index >= 15 is 0 Å². The van der Waals surface area contributed by atoms with Crippen molar-refractivity contribution in [3.63, 3.8) is 0 Å². The van der Waals surface area contributed by atoms with Crippen molar-refractivity contribution in [1.82, 2.24) is 0 Å². The van der Waals surface area contributed by atoms with Gasteiger partial charge in [0.15, 0.2) is 5.92 Å². The molecule has 0 saturated carbocycles. The molecule has 5 heteroatoms. The Hall–Kier alpha value is -1.64. The maximum absolute atomic E-state index is 11.1. The molecule has 1 rings (SSSR count). The van der Waals surface area contributed by atoms with Gasteiger partial charge in [-0.15, -0.1) is 0 Å². The number of carbonyl (C=O) groups is 1. The molecule has 4 nitrogen and oxygen atoms in total. The minimum atomic E-state index is -1.92. The van der Waals surface area contributed by atoms with Gasteiger partial charge in [-0.25, -0.2) is 0 Å².